The first-order valence-corrected chi connectivity index (χ1v) is 5.06. The van der Waals surface area contributed by atoms with Crippen LogP contribution in [0.2, 0.25) is 5.02 Å². The van der Waals surface area contributed by atoms with E-state index in [-0.39, 0.29) is 0 Å². The van der Waals surface area contributed by atoms with Gasteiger partial charge in [-0.1, -0.05) is 29.8 Å². The first-order valence-electron chi connectivity index (χ1n) is 4.68. The minimum Gasteiger partial charge on any atom is -0.103 e. The highest BCUT2D eigenvalue weighted by atomic mass is 35.5. The fraction of sp³-hybridized carbons (Fsp3) is 0.333. The third kappa shape index (κ3) is 4.14. The molecule has 0 aliphatic heterocycles. The molecule has 1 aromatic rings. The Hall–Kier alpha value is -0.750. The second kappa shape index (κ2) is 5.82. The average molecular weight is 195 g/mol. The maximum absolute atomic E-state index is 5.78. The predicted molar refractivity (Wildman–Crippen MR) is 59.2 cm³/mol. The molecule has 0 aliphatic rings. The molecule has 0 radical (unpaired) electrons. The van der Waals surface area contributed by atoms with Crippen LogP contribution in [-0.2, 0) is 6.42 Å². The summed E-state index contributed by atoms with van der Waals surface area (Å²) in [7, 11) is 0. The van der Waals surface area contributed by atoms with Gasteiger partial charge in [-0.15, -0.1) is 6.58 Å². The van der Waals surface area contributed by atoms with Crippen LogP contribution in [0.1, 0.15) is 24.8 Å². The molecular formula is C12H15Cl. The Bertz CT molecular complexity index is 248. The number of hydrogen-bond acceptors (Lipinski definition) is 0. The van der Waals surface area contributed by atoms with Gasteiger partial charge in [0.15, 0.2) is 0 Å². The second-order valence-corrected chi connectivity index (χ2v) is 3.60. The number of aryl methyl sites for hydroxylation is 1. The normalized spacial score (nSPS) is 9.92. The van der Waals surface area contributed by atoms with E-state index in [1.54, 1.807) is 0 Å². The number of halogens is 1. The van der Waals surface area contributed by atoms with Gasteiger partial charge in [0.1, 0.15) is 0 Å². The molecule has 0 saturated heterocycles. The average Bonchev–Trinajstić information content (AvgIpc) is 2.15. The third-order valence-electron chi connectivity index (χ3n) is 2.04. The molecule has 0 heterocycles. The standard InChI is InChI=1S/C12H15Cl/c1-2-3-4-5-6-11-7-9-12(13)10-8-11/h2,7-10H,1,3-6H2. The van der Waals surface area contributed by atoms with E-state index < -0.39 is 0 Å². The van der Waals surface area contributed by atoms with Crippen molar-refractivity contribution in [1.29, 1.82) is 0 Å². The highest BCUT2D eigenvalue weighted by Gasteiger charge is 1.92. The highest BCUT2D eigenvalue weighted by molar-refractivity contribution is 6.30. The van der Waals surface area contributed by atoms with E-state index >= 15 is 0 Å². The van der Waals surface area contributed by atoms with Gasteiger partial charge in [0.2, 0.25) is 0 Å². The lowest BCUT2D eigenvalue weighted by Crippen LogP contribution is -1.84. The molecule has 0 aromatic heterocycles. The zero-order chi connectivity index (χ0) is 9.52. The molecule has 1 heteroatoms. The number of unbranched alkanes of at least 4 members (excludes halogenated alkanes) is 2. The third-order valence-corrected chi connectivity index (χ3v) is 2.29. The van der Waals surface area contributed by atoms with Crippen molar-refractivity contribution in [3.8, 4) is 0 Å². The number of hydrogen-bond donors (Lipinski definition) is 0. The lowest BCUT2D eigenvalue weighted by atomic mass is 10.1. The van der Waals surface area contributed by atoms with Crippen LogP contribution in [0.4, 0.5) is 0 Å². The maximum atomic E-state index is 5.78. The molecule has 0 bridgehead atoms. The molecule has 13 heavy (non-hydrogen) atoms. The Morgan fingerprint density at radius 1 is 1.15 bits per heavy atom. The Labute approximate surface area is 85.2 Å². The second-order valence-electron chi connectivity index (χ2n) is 3.16. The van der Waals surface area contributed by atoms with Gasteiger partial charge in [-0.2, -0.15) is 0 Å². The summed E-state index contributed by atoms with van der Waals surface area (Å²) in [6, 6.07) is 8.08. The minimum atomic E-state index is 0.815. The Balaban J connectivity index is 2.28. The highest BCUT2D eigenvalue weighted by Crippen LogP contribution is 2.12. The van der Waals surface area contributed by atoms with Gasteiger partial charge in [0, 0.05) is 5.02 Å². The van der Waals surface area contributed by atoms with Crippen molar-refractivity contribution in [2.45, 2.75) is 25.7 Å². The van der Waals surface area contributed by atoms with Crippen LogP contribution in [0.5, 0.6) is 0 Å². The summed E-state index contributed by atoms with van der Waals surface area (Å²) in [6.07, 6.45) is 6.69. The molecule has 0 unspecified atom stereocenters. The monoisotopic (exact) mass is 194 g/mol. The van der Waals surface area contributed by atoms with E-state index in [1.807, 2.05) is 18.2 Å². The molecule has 0 amide bonds. The van der Waals surface area contributed by atoms with Crippen LogP contribution in [0, 0.1) is 0 Å². The van der Waals surface area contributed by atoms with E-state index in [2.05, 4.69) is 18.7 Å². The summed E-state index contributed by atoms with van der Waals surface area (Å²) in [5.74, 6) is 0. The van der Waals surface area contributed by atoms with Gasteiger partial charge in [-0.25, -0.2) is 0 Å². The van der Waals surface area contributed by atoms with Gasteiger partial charge in [-0.05, 0) is 43.4 Å². The van der Waals surface area contributed by atoms with Crippen LogP contribution < -0.4 is 0 Å². The topological polar surface area (TPSA) is 0 Å². The molecular weight excluding hydrogens is 180 g/mol. The van der Waals surface area contributed by atoms with Crippen molar-refractivity contribution < 1.29 is 0 Å². The van der Waals surface area contributed by atoms with Crippen molar-refractivity contribution >= 4 is 11.6 Å². The SMILES string of the molecule is C=CCCCCc1ccc(Cl)cc1. The zero-order valence-electron chi connectivity index (χ0n) is 7.80. The van der Waals surface area contributed by atoms with Crippen molar-refractivity contribution in [3.63, 3.8) is 0 Å². The summed E-state index contributed by atoms with van der Waals surface area (Å²) in [5, 5.41) is 0.815. The first kappa shape index (κ1) is 10.3. The van der Waals surface area contributed by atoms with Gasteiger partial charge >= 0.3 is 0 Å². The minimum absolute atomic E-state index is 0.815. The van der Waals surface area contributed by atoms with E-state index in [9.17, 15) is 0 Å². The Morgan fingerprint density at radius 3 is 2.46 bits per heavy atom. The van der Waals surface area contributed by atoms with Gasteiger partial charge < -0.3 is 0 Å². The van der Waals surface area contributed by atoms with Crippen molar-refractivity contribution in [2.75, 3.05) is 0 Å². The molecule has 1 rings (SSSR count). The summed E-state index contributed by atoms with van der Waals surface area (Å²) in [5.41, 5.74) is 1.37. The summed E-state index contributed by atoms with van der Waals surface area (Å²) < 4.78 is 0. The molecule has 0 saturated carbocycles. The van der Waals surface area contributed by atoms with Crippen LogP contribution in [-0.4, -0.2) is 0 Å². The van der Waals surface area contributed by atoms with Crippen LogP contribution in [0.25, 0.3) is 0 Å². The van der Waals surface area contributed by atoms with Crippen molar-refractivity contribution in [1.82, 2.24) is 0 Å². The summed E-state index contributed by atoms with van der Waals surface area (Å²) in [6.45, 7) is 3.70. The van der Waals surface area contributed by atoms with Gasteiger partial charge in [-0.3, -0.25) is 0 Å². The predicted octanol–water partition coefficient (Wildman–Crippen LogP) is 4.24. The number of rotatable bonds is 5. The zero-order valence-corrected chi connectivity index (χ0v) is 8.56. The van der Waals surface area contributed by atoms with Gasteiger partial charge in [0.25, 0.3) is 0 Å². The maximum Gasteiger partial charge on any atom is 0.0406 e. The van der Waals surface area contributed by atoms with Crippen molar-refractivity contribution in [3.05, 3.63) is 47.5 Å². The summed E-state index contributed by atoms with van der Waals surface area (Å²) >= 11 is 5.78. The van der Waals surface area contributed by atoms with E-state index in [0.717, 1.165) is 17.9 Å². The summed E-state index contributed by atoms with van der Waals surface area (Å²) in [4.78, 5) is 0. The fourth-order valence-corrected chi connectivity index (χ4v) is 1.39. The van der Waals surface area contributed by atoms with E-state index in [4.69, 9.17) is 11.6 Å². The van der Waals surface area contributed by atoms with Crippen molar-refractivity contribution in [2.24, 2.45) is 0 Å². The Kier molecular flexibility index (Phi) is 4.63. The number of benzene rings is 1. The molecule has 0 spiro atoms. The van der Waals surface area contributed by atoms with Crippen LogP contribution in [0.3, 0.4) is 0 Å². The van der Waals surface area contributed by atoms with Crippen LogP contribution in [0.15, 0.2) is 36.9 Å². The molecule has 0 nitrogen and oxygen atoms in total. The van der Waals surface area contributed by atoms with E-state index in [0.29, 0.717) is 0 Å². The van der Waals surface area contributed by atoms with Gasteiger partial charge in [0.05, 0.1) is 0 Å². The Morgan fingerprint density at radius 2 is 1.85 bits per heavy atom. The van der Waals surface area contributed by atoms with E-state index in [1.165, 1.54) is 18.4 Å². The quantitative estimate of drug-likeness (QED) is 0.486. The first-order chi connectivity index (χ1) is 6.33. The van der Waals surface area contributed by atoms with Crippen LogP contribution >= 0.6 is 11.6 Å². The molecule has 1 aromatic carbocycles. The molecule has 0 aliphatic carbocycles. The molecule has 0 fully saturated rings. The molecule has 70 valence electrons. The lowest BCUT2D eigenvalue weighted by Gasteiger charge is -1.99. The smallest absolute Gasteiger partial charge is 0.0406 e. The number of allylic oxidation sites excluding steroid dienone is 1. The fourth-order valence-electron chi connectivity index (χ4n) is 1.27. The largest absolute Gasteiger partial charge is 0.103 e. The molecule has 0 N–H and O–H groups in total. The molecule has 0 atom stereocenters. The lowest BCUT2D eigenvalue weighted by molar-refractivity contribution is 0.748.